The first-order valence-electron chi connectivity index (χ1n) is 9.48. The van der Waals surface area contributed by atoms with Crippen molar-refractivity contribution in [3.05, 3.63) is 54.4 Å². The fourth-order valence-corrected chi connectivity index (χ4v) is 4.95. The molecule has 1 fully saturated rings. The van der Waals surface area contributed by atoms with Crippen molar-refractivity contribution in [3.8, 4) is 0 Å². The lowest BCUT2D eigenvalue weighted by molar-refractivity contribution is -0.115. The Morgan fingerprint density at radius 1 is 1.17 bits per heavy atom. The van der Waals surface area contributed by atoms with E-state index in [4.69, 9.17) is 0 Å². The molecule has 0 saturated carbocycles. The molecule has 2 amide bonds. The van der Waals surface area contributed by atoms with Gasteiger partial charge in [-0.3, -0.25) is 14.6 Å². The monoisotopic (exact) mass is 416 g/mol. The summed E-state index contributed by atoms with van der Waals surface area (Å²) in [6, 6.07) is 9.12. The highest BCUT2D eigenvalue weighted by Gasteiger charge is 2.30. The number of hydrogen-bond donors (Lipinski definition) is 2. The van der Waals surface area contributed by atoms with Crippen molar-refractivity contribution in [2.45, 2.75) is 37.1 Å². The summed E-state index contributed by atoms with van der Waals surface area (Å²) < 4.78 is 27.2. The Kier molecular flexibility index (Phi) is 6.60. The molecule has 0 radical (unpaired) electrons. The zero-order valence-electron chi connectivity index (χ0n) is 16.2. The molecule has 1 saturated heterocycles. The SMILES string of the molecule is CC1CCCCN1S(=O)(=O)c1ccc(C(=O)NCC(=O)Nc2cccnc2)cc1. The summed E-state index contributed by atoms with van der Waals surface area (Å²) in [4.78, 5) is 28.2. The normalized spacial score (nSPS) is 17.5. The topological polar surface area (TPSA) is 108 Å². The summed E-state index contributed by atoms with van der Waals surface area (Å²) in [5.74, 6) is -0.841. The Morgan fingerprint density at radius 3 is 2.59 bits per heavy atom. The zero-order chi connectivity index (χ0) is 20.9. The molecule has 0 spiro atoms. The highest BCUT2D eigenvalue weighted by molar-refractivity contribution is 7.89. The smallest absolute Gasteiger partial charge is 0.251 e. The van der Waals surface area contributed by atoms with Crippen LogP contribution in [0.1, 0.15) is 36.5 Å². The van der Waals surface area contributed by atoms with Gasteiger partial charge in [0.25, 0.3) is 5.91 Å². The predicted octanol–water partition coefficient (Wildman–Crippen LogP) is 2.01. The van der Waals surface area contributed by atoms with E-state index in [0.717, 1.165) is 19.3 Å². The van der Waals surface area contributed by atoms with Crippen LogP contribution in [0.15, 0.2) is 53.7 Å². The number of carbonyl (C=O) groups excluding carboxylic acids is 2. The van der Waals surface area contributed by atoms with Gasteiger partial charge in [0.15, 0.2) is 0 Å². The van der Waals surface area contributed by atoms with E-state index in [9.17, 15) is 18.0 Å². The maximum atomic E-state index is 12.8. The Labute approximate surface area is 170 Å². The summed E-state index contributed by atoms with van der Waals surface area (Å²) in [6.45, 7) is 2.21. The second-order valence-electron chi connectivity index (χ2n) is 6.96. The van der Waals surface area contributed by atoms with Gasteiger partial charge in [0, 0.05) is 24.3 Å². The summed E-state index contributed by atoms with van der Waals surface area (Å²) in [5, 5.41) is 5.13. The Morgan fingerprint density at radius 2 is 1.93 bits per heavy atom. The number of pyridine rings is 1. The van der Waals surface area contributed by atoms with Gasteiger partial charge in [-0.25, -0.2) is 8.42 Å². The number of benzene rings is 1. The molecule has 0 bridgehead atoms. The molecular formula is C20H24N4O4S. The quantitative estimate of drug-likeness (QED) is 0.749. The Hall–Kier alpha value is -2.78. The van der Waals surface area contributed by atoms with Crippen LogP contribution in [0.2, 0.25) is 0 Å². The lowest BCUT2D eigenvalue weighted by Gasteiger charge is -2.32. The molecule has 1 unspecified atom stereocenters. The van der Waals surface area contributed by atoms with E-state index < -0.39 is 15.9 Å². The number of hydrogen-bond acceptors (Lipinski definition) is 5. The summed E-state index contributed by atoms with van der Waals surface area (Å²) >= 11 is 0. The minimum Gasteiger partial charge on any atom is -0.343 e. The molecule has 1 atom stereocenters. The van der Waals surface area contributed by atoms with E-state index in [2.05, 4.69) is 15.6 Å². The second kappa shape index (κ2) is 9.15. The lowest BCUT2D eigenvalue weighted by atomic mass is 10.1. The molecule has 1 aliphatic rings. The van der Waals surface area contributed by atoms with Gasteiger partial charge in [0.1, 0.15) is 0 Å². The fraction of sp³-hybridized carbons (Fsp3) is 0.350. The van der Waals surface area contributed by atoms with Crippen LogP contribution in [0.5, 0.6) is 0 Å². The van der Waals surface area contributed by atoms with Crippen molar-refractivity contribution in [2.24, 2.45) is 0 Å². The summed E-state index contributed by atoms with van der Waals surface area (Å²) in [5.41, 5.74) is 0.818. The molecule has 3 rings (SSSR count). The molecule has 2 heterocycles. The Bertz CT molecular complexity index is 962. The number of nitrogens with zero attached hydrogens (tertiary/aromatic N) is 2. The van der Waals surface area contributed by atoms with E-state index in [0.29, 0.717) is 12.2 Å². The van der Waals surface area contributed by atoms with Gasteiger partial charge in [-0.1, -0.05) is 6.42 Å². The van der Waals surface area contributed by atoms with Gasteiger partial charge < -0.3 is 10.6 Å². The third kappa shape index (κ3) is 5.18. The maximum absolute atomic E-state index is 12.8. The third-order valence-corrected chi connectivity index (χ3v) is 6.85. The van der Waals surface area contributed by atoms with Crippen LogP contribution in [0.4, 0.5) is 5.69 Å². The number of amides is 2. The van der Waals surface area contributed by atoms with E-state index in [1.807, 2.05) is 6.92 Å². The molecule has 29 heavy (non-hydrogen) atoms. The average Bonchev–Trinajstić information content (AvgIpc) is 2.73. The van der Waals surface area contributed by atoms with Crippen molar-refractivity contribution < 1.29 is 18.0 Å². The van der Waals surface area contributed by atoms with Crippen molar-refractivity contribution in [2.75, 3.05) is 18.4 Å². The van der Waals surface area contributed by atoms with Crippen molar-refractivity contribution in [1.82, 2.24) is 14.6 Å². The van der Waals surface area contributed by atoms with Gasteiger partial charge in [0.05, 0.1) is 23.3 Å². The standard InChI is InChI=1S/C20H24N4O4S/c1-15-5-2-3-12-24(15)29(27,28)18-9-7-16(8-10-18)20(26)22-14-19(25)23-17-6-4-11-21-13-17/h4,6-11,13,15H,2-3,5,12,14H2,1H3,(H,22,26)(H,23,25). The minimum absolute atomic E-state index is 0.0324. The molecule has 154 valence electrons. The maximum Gasteiger partial charge on any atom is 0.251 e. The third-order valence-electron chi connectivity index (χ3n) is 4.82. The minimum atomic E-state index is -3.58. The van der Waals surface area contributed by atoms with Crippen LogP contribution in [0.25, 0.3) is 0 Å². The molecule has 8 nitrogen and oxygen atoms in total. The van der Waals surface area contributed by atoms with Crippen LogP contribution in [-0.4, -0.2) is 48.7 Å². The van der Waals surface area contributed by atoms with Gasteiger partial charge in [-0.15, -0.1) is 0 Å². The zero-order valence-corrected chi connectivity index (χ0v) is 17.0. The molecule has 9 heteroatoms. The van der Waals surface area contributed by atoms with Crippen LogP contribution in [-0.2, 0) is 14.8 Å². The van der Waals surface area contributed by atoms with Crippen LogP contribution in [0, 0.1) is 0 Å². The van der Waals surface area contributed by atoms with Gasteiger partial charge in [-0.2, -0.15) is 4.31 Å². The molecule has 2 N–H and O–H groups in total. The van der Waals surface area contributed by atoms with Crippen molar-refractivity contribution in [1.29, 1.82) is 0 Å². The predicted molar refractivity (Wildman–Crippen MR) is 109 cm³/mol. The van der Waals surface area contributed by atoms with E-state index in [1.54, 1.807) is 18.3 Å². The van der Waals surface area contributed by atoms with Gasteiger partial charge >= 0.3 is 0 Å². The number of nitrogens with one attached hydrogen (secondary N) is 2. The highest BCUT2D eigenvalue weighted by Crippen LogP contribution is 2.25. The average molecular weight is 417 g/mol. The molecule has 1 aromatic carbocycles. The van der Waals surface area contributed by atoms with Crippen LogP contribution < -0.4 is 10.6 Å². The van der Waals surface area contributed by atoms with Crippen LogP contribution >= 0.6 is 0 Å². The molecule has 2 aromatic rings. The number of aromatic nitrogens is 1. The van der Waals surface area contributed by atoms with E-state index in [-0.39, 0.29) is 29.0 Å². The number of carbonyl (C=O) groups is 2. The van der Waals surface area contributed by atoms with Gasteiger partial charge in [-0.05, 0) is 56.2 Å². The van der Waals surface area contributed by atoms with Crippen molar-refractivity contribution >= 4 is 27.5 Å². The lowest BCUT2D eigenvalue weighted by Crippen LogP contribution is -2.41. The first-order chi connectivity index (χ1) is 13.9. The van der Waals surface area contributed by atoms with Crippen molar-refractivity contribution in [3.63, 3.8) is 0 Å². The summed E-state index contributed by atoms with van der Waals surface area (Å²) in [7, 11) is -3.58. The van der Waals surface area contributed by atoms with E-state index >= 15 is 0 Å². The highest BCUT2D eigenvalue weighted by atomic mass is 32.2. The van der Waals surface area contributed by atoms with Gasteiger partial charge in [0.2, 0.25) is 15.9 Å². The first-order valence-corrected chi connectivity index (χ1v) is 10.9. The molecule has 0 aliphatic carbocycles. The number of piperidine rings is 1. The summed E-state index contributed by atoms with van der Waals surface area (Å²) in [6.07, 6.45) is 5.82. The number of rotatable bonds is 6. The molecule has 1 aliphatic heterocycles. The number of sulfonamides is 1. The van der Waals surface area contributed by atoms with Crippen LogP contribution in [0.3, 0.4) is 0 Å². The number of anilines is 1. The largest absolute Gasteiger partial charge is 0.343 e. The first kappa shape index (κ1) is 20.9. The Balaban J connectivity index is 1.59. The fourth-order valence-electron chi connectivity index (χ4n) is 3.25. The molecular weight excluding hydrogens is 392 g/mol. The van der Waals surface area contributed by atoms with E-state index in [1.165, 1.54) is 34.8 Å². The second-order valence-corrected chi connectivity index (χ2v) is 8.85. The molecule has 1 aromatic heterocycles.